The van der Waals surface area contributed by atoms with Gasteiger partial charge in [0, 0.05) is 59.0 Å². The zero-order chi connectivity index (χ0) is 33.2. The Balaban J connectivity index is 1.24. The van der Waals surface area contributed by atoms with Crippen molar-refractivity contribution in [3.63, 3.8) is 0 Å². The van der Waals surface area contributed by atoms with E-state index in [2.05, 4.69) is 31.7 Å². The number of piperazine rings is 1. The van der Waals surface area contributed by atoms with E-state index < -0.39 is 0 Å². The number of anilines is 1. The summed E-state index contributed by atoms with van der Waals surface area (Å²) in [5, 5.41) is 0. The fraction of sp³-hybridized carbons (Fsp3) is 0.606. The first kappa shape index (κ1) is 34.3. The van der Waals surface area contributed by atoms with Crippen LogP contribution in [0.5, 0.6) is 6.01 Å². The van der Waals surface area contributed by atoms with E-state index >= 15 is 0 Å². The maximum atomic E-state index is 13.8. The lowest BCUT2D eigenvalue weighted by Gasteiger charge is -2.36. The van der Waals surface area contributed by atoms with Crippen LogP contribution >= 0.6 is 0 Å². The Bertz CT molecular complexity index is 1530. The Kier molecular flexibility index (Phi) is 12.2. The van der Waals surface area contributed by atoms with Crippen molar-refractivity contribution < 1.29 is 23.8 Å². The second-order valence-corrected chi connectivity index (χ2v) is 12.3. The first-order valence-corrected chi connectivity index (χ1v) is 16.7. The van der Waals surface area contributed by atoms with Crippen molar-refractivity contribution in [2.24, 2.45) is 0 Å². The summed E-state index contributed by atoms with van der Waals surface area (Å²) in [4.78, 5) is 56.3. The van der Waals surface area contributed by atoms with Gasteiger partial charge in [0.1, 0.15) is 5.52 Å². The minimum Gasteiger partial charge on any atom is -0.469 e. The molecule has 1 atom stereocenters. The van der Waals surface area contributed by atoms with E-state index in [0.29, 0.717) is 56.5 Å². The number of aromatic nitrogens is 4. The van der Waals surface area contributed by atoms with Crippen LogP contribution < -0.4 is 16.2 Å². The number of benzene rings is 1. The largest absolute Gasteiger partial charge is 0.469 e. The minimum absolute atomic E-state index is 0.0284. The highest BCUT2D eigenvalue weighted by molar-refractivity contribution is 5.82. The minimum atomic E-state index is -0.341. The van der Waals surface area contributed by atoms with Gasteiger partial charge in [-0.05, 0) is 36.8 Å². The van der Waals surface area contributed by atoms with Crippen LogP contribution in [0.15, 0.2) is 29.1 Å². The summed E-state index contributed by atoms with van der Waals surface area (Å²) in [7, 11) is 1.37. The van der Waals surface area contributed by atoms with Crippen LogP contribution in [0.2, 0.25) is 0 Å². The van der Waals surface area contributed by atoms with Crippen LogP contribution in [0.1, 0.15) is 50.2 Å². The van der Waals surface area contributed by atoms with Gasteiger partial charge < -0.3 is 29.8 Å². The van der Waals surface area contributed by atoms with Crippen LogP contribution in [-0.4, -0.2) is 118 Å². The second kappa shape index (κ2) is 16.7. The summed E-state index contributed by atoms with van der Waals surface area (Å²) in [6.45, 7) is 9.29. The predicted molar refractivity (Wildman–Crippen MR) is 177 cm³/mol. The average molecular weight is 653 g/mol. The number of hydrogen-bond acceptors (Lipinski definition) is 11. The lowest BCUT2D eigenvalue weighted by molar-refractivity contribution is -0.139. The van der Waals surface area contributed by atoms with Gasteiger partial charge in [0.25, 0.3) is 0 Å². The molecule has 3 aromatic rings. The van der Waals surface area contributed by atoms with E-state index in [4.69, 9.17) is 19.9 Å². The highest BCUT2D eigenvalue weighted by Gasteiger charge is 2.25. The van der Waals surface area contributed by atoms with Gasteiger partial charge in [0.2, 0.25) is 5.91 Å². The highest BCUT2D eigenvalue weighted by Crippen LogP contribution is 2.19. The number of fused-ring (bicyclic) bond motifs is 1. The van der Waals surface area contributed by atoms with Crippen molar-refractivity contribution in [2.75, 3.05) is 71.9 Å². The molecule has 14 heteroatoms. The molecule has 0 spiro atoms. The van der Waals surface area contributed by atoms with Crippen molar-refractivity contribution >= 4 is 28.9 Å². The van der Waals surface area contributed by atoms with Crippen molar-refractivity contribution in [1.82, 2.24) is 34.2 Å². The molecule has 2 fully saturated rings. The van der Waals surface area contributed by atoms with Crippen LogP contribution in [0.4, 0.5) is 5.82 Å². The molecule has 5 rings (SSSR count). The second-order valence-electron chi connectivity index (χ2n) is 12.3. The normalized spacial score (nSPS) is 17.3. The van der Waals surface area contributed by atoms with Crippen LogP contribution in [0.3, 0.4) is 0 Å². The number of nitrogens with zero attached hydrogens (tertiary/aromatic N) is 6. The van der Waals surface area contributed by atoms with Gasteiger partial charge in [-0.15, -0.1) is 0 Å². The number of carbonyl (C=O) groups excluding carboxylic acids is 2. The standard InChI is InChI=1S/C33H48N8O6/c1-3-4-18-47-32-36-30(34)29-31(37-32)41(33(44)35-29)13-6-12-40(21-25-10-8-24(9-11-25)20-28(43)45-2)27(42)23-39-16-14-38(15-17-39)22-26-7-5-19-46-26/h8-11,26H,3-7,12-23H2,1-2H3,(H,35,44)(H2,34,36,37). The number of aromatic amines is 1. The molecule has 2 aliphatic heterocycles. The summed E-state index contributed by atoms with van der Waals surface area (Å²) in [6, 6.07) is 7.79. The van der Waals surface area contributed by atoms with Crippen molar-refractivity contribution in [2.45, 2.75) is 64.6 Å². The SMILES string of the molecule is CCCCOc1nc(N)c2[nH]c(=O)n(CCCN(Cc3ccc(CC(=O)OC)cc3)C(=O)CN3CCN(CC4CCCO4)CC3)c2n1. The number of amides is 1. The molecule has 3 N–H and O–H groups in total. The van der Waals surface area contributed by atoms with Crippen LogP contribution in [-0.2, 0) is 38.6 Å². The molecule has 2 saturated heterocycles. The summed E-state index contributed by atoms with van der Waals surface area (Å²) in [5.74, 6) is -0.119. The quantitative estimate of drug-likeness (QED) is 0.172. The van der Waals surface area contributed by atoms with Gasteiger partial charge in [-0.2, -0.15) is 9.97 Å². The van der Waals surface area contributed by atoms with Gasteiger partial charge in [0.05, 0.1) is 32.8 Å². The first-order valence-electron chi connectivity index (χ1n) is 16.7. The fourth-order valence-corrected chi connectivity index (χ4v) is 6.04. The molecule has 1 amide bonds. The zero-order valence-electron chi connectivity index (χ0n) is 27.6. The number of nitrogen functional groups attached to an aromatic ring is 1. The highest BCUT2D eigenvalue weighted by atomic mass is 16.5. The van der Waals surface area contributed by atoms with Gasteiger partial charge in [-0.1, -0.05) is 37.6 Å². The third-order valence-electron chi connectivity index (χ3n) is 8.80. The molecule has 0 radical (unpaired) electrons. The van der Waals surface area contributed by atoms with Crippen molar-refractivity contribution in [3.8, 4) is 6.01 Å². The van der Waals surface area contributed by atoms with Crippen LogP contribution in [0, 0.1) is 0 Å². The number of H-pyrrole nitrogens is 1. The molecule has 256 valence electrons. The summed E-state index contributed by atoms with van der Waals surface area (Å²) in [6.07, 6.45) is 5.10. The molecule has 0 bridgehead atoms. The molecular formula is C33H48N8O6. The number of aryl methyl sites for hydroxylation is 1. The number of ether oxygens (including phenoxy) is 3. The Morgan fingerprint density at radius 2 is 1.83 bits per heavy atom. The van der Waals surface area contributed by atoms with E-state index in [-0.39, 0.29) is 35.8 Å². The van der Waals surface area contributed by atoms with Crippen molar-refractivity contribution in [3.05, 3.63) is 45.9 Å². The molecule has 1 unspecified atom stereocenters. The van der Waals surface area contributed by atoms with E-state index in [1.165, 1.54) is 11.7 Å². The van der Waals surface area contributed by atoms with Gasteiger partial charge in [-0.25, -0.2) is 4.79 Å². The monoisotopic (exact) mass is 652 g/mol. The van der Waals surface area contributed by atoms with E-state index in [1.54, 1.807) is 0 Å². The third kappa shape index (κ3) is 9.52. The molecule has 1 aromatic carbocycles. The summed E-state index contributed by atoms with van der Waals surface area (Å²) in [5.41, 5.74) is 8.33. The summed E-state index contributed by atoms with van der Waals surface area (Å²) >= 11 is 0. The lowest BCUT2D eigenvalue weighted by atomic mass is 10.1. The number of hydrogen-bond donors (Lipinski definition) is 2. The molecule has 0 saturated carbocycles. The molecule has 4 heterocycles. The maximum Gasteiger partial charge on any atom is 0.327 e. The first-order chi connectivity index (χ1) is 22.8. The number of methoxy groups -OCH3 is 1. The van der Waals surface area contributed by atoms with Gasteiger partial charge in [-0.3, -0.25) is 24.0 Å². The fourth-order valence-electron chi connectivity index (χ4n) is 6.04. The number of esters is 1. The molecule has 2 aromatic heterocycles. The average Bonchev–Trinajstić information content (AvgIpc) is 3.70. The Labute approximate surface area is 275 Å². The number of imidazole rings is 1. The number of nitrogens with two attached hydrogens (primary N) is 1. The number of carbonyl (C=O) groups is 2. The molecule has 47 heavy (non-hydrogen) atoms. The van der Waals surface area contributed by atoms with E-state index in [0.717, 1.165) is 76.1 Å². The van der Waals surface area contributed by atoms with Crippen LogP contribution in [0.25, 0.3) is 11.2 Å². The Morgan fingerprint density at radius 1 is 1.09 bits per heavy atom. The molecule has 0 aliphatic carbocycles. The third-order valence-corrected chi connectivity index (χ3v) is 8.80. The number of rotatable bonds is 16. The summed E-state index contributed by atoms with van der Waals surface area (Å²) < 4.78 is 17.8. The van der Waals surface area contributed by atoms with Gasteiger partial charge >= 0.3 is 17.7 Å². The smallest absolute Gasteiger partial charge is 0.327 e. The van der Waals surface area contributed by atoms with E-state index in [9.17, 15) is 14.4 Å². The maximum absolute atomic E-state index is 13.8. The Morgan fingerprint density at radius 3 is 2.53 bits per heavy atom. The predicted octanol–water partition coefficient (Wildman–Crippen LogP) is 1.81. The zero-order valence-corrected chi connectivity index (χ0v) is 27.6. The number of unbranched alkanes of at least 4 members (excludes halogenated alkanes) is 1. The Hall–Kier alpha value is -4.01. The lowest BCUT2D eigenvalue weighted by Crippen LogP contribution is -2.51. The molecule has 14 nitrogen and oxygen atoms in total. The molecule has 2 aliphatic rings. The van der Waals surface area contributed by atoms with Gasteiger partial charge in [0.15, 0.2) is 11.5 Å². The topological polar surface area (TPSA) is 161 Å². The van der Waals surface area contributed by atoms with Crippen molar-refractivity contribution in [1.29, 1.82) is 0 Å². The number of nitrogens with one attached hydrogen (secondary N) is 1. The molecular weight excluding hydrogens is 604 g/mol. The van der Waals surface area contributed by atoms with E-state index in [1.807, 2.05) is 29.2 Å².